The van der Waals surface area contributed by atoms with Crippen LogP contribution in [0.3, 0.4) is 0 Å². The van der Waals surface area contributed by atoms with E-state index in [1.165, 1.54) is 0 Å². The fraction of sp³-hybridized carbons (Fsp3) is 0.786. The molecule has 1 aromatic rings. The quantitative estimate of drug-likeness (QED) is 0.793. The predicted molar refractivity (Wildman–Crippen MR) is 88.9 cm³/mol. The van der Waals surface area contributed by atoms with Gasteiger partial charge in [0.2, 0.25) is 0 Å². The zero-order chi connectivity index (χ0) is 16.2. The van der Waals surface area contributed by atoms with E-state index in [2.05, 4.69) is 32.7 Å². The third-order valence-corrected chi connectivity index (χ3v) is 6.73. The molecule has 0 atom stereocenters. The van der Waals surface area contributed by atoms with Gasteiger partial charge in [-0.1, -0.05) is 39.0 Å². The Morgan fingerprint density at radius 2 is 1.62 bits per heavy atom. The first-order valence-corrected chi connectivity index (χ1v) is 9.63. The van der Waals surface area contributed by atoms with Gasteiger partial charge in [0.25, 0.3) is 10.0 Å². The molecule has 122 valence electrons. The number of nitrogens with two attached hydrogens (primary N) is 1. The molecule has 5 nitrogen and oxygen atoms in total. The van der Waals surface area contributed by atoms with Crippen LogP contribution in [-0.4, -0.2) is 30.8 Å². The zero-order valence-electron chi connectivity index (χ0n) is 13.6. The lowest BCUT2D eigenvalue weighted by Crippen LogP contribution is -2.34. The van der Waals surface area contributed by atoms with Crippen LogP contribution in [0.1, 0.15) is 46.2 Å². The number of hydrogen-bond donors (Lipinski definition) is 1. The topological polar surface area (TPSA) is 76.3 Å². The van der Waals surface area contributed by atoms with Crippen molar-refractivity contribution in [1.82, 2.24) is 9.29 Å². The molecular formula is C14H27N3O2S2. The smallest absolute Gasteiger partial charge is 0.254 e. The Kier molecular flexibility index (Phi) is 6.62. The lowest BCUT2D eigenvalue weighted by Gasteiger charge is -2.23. The van der Waals surface area contributed by atoms with Crippen molar-refractivity contribution in [3.05, 3.63) is 5.69 Å². The van der Waals surface area contributed by atoms with Gasteiger partial charge < -0.3 is 5.73 Å². The summed E-state index contributed by atoms with van der Waals surface area (Å²) in [6.07, 6.45) is 1.70. The molecule has 0 saturated heterocycles. The molecule has 2 N–H and O–H groups in total. The number of sulfonamides is 1. The maximum absolute atomic E-state index is 12.8. The molecule has 1 aromatic heterocycles. The van der Waals surface area contributed by atoms with Crippen molar-refractivity contribution >= 4 is 26.5 Å². The van der Waals surface area contributed by atoms with Gasteiger partial charge in [-0.2, -0.15) is 4.31 Å². The molecule has 7 heteroatoms. The van der Waals surface area contributed by atoms with E-state index in [0.29, 0.717) is 35.8 Å². The van der Waals surface area contributed by atoms with Gasteiger partial charge in [-0.15, -0.1) is 0 Å². The Morgan fingerprint density at radius 1 is 1.14 bits per heavy atom. The van der Waals surface area contributed by atoms with Crippen LogP contribution in [0.15, 0.2) is 4.21 Å². The van der Waals surface area contributed by atoms with Crippen molar-refractivity contribution in [2.45, 2.75) is 51.7 Å². The standard InChI is InChI=1S/C14H27N3O2S2/c1-10(2)6-8-17(9-7-11(3)4)21(18,19)13-12(5)16-14(15)20-13/h10-11H,6-9H2,1-5H3,(H2,15,16). The summed E-state index contributed by atoms with van der Waals surface area (Å²) in [5.74, 6) is 0.934. The minimum absolute atomic E-state index is 0.285. The van der Waals surface area contributed by atoms with E-state index >= 15 is 0 Å². The normalized spacial score (nSPS) is 12.8. The maximum Gasteiger partial charge on any atom is 0.254 e. The first-order chi connectivity index (χ1) is 9.64. The summed E-state index contributed by atoms with van der Waals surface area (Å²) in [4.78, 5) is 4.04. The van der Waals surface area contributed by atoms with Crippen LogP contribution >= 0.6 is 11.3 Å². The second-order valence-electron chi connectivity index (χ2n) is 6.19. The number of thiazole rings is 1. The molecule has 0 fully saturated rings. The Morgan fingerprint density at radius 3 is 1.95 bits per heavy atom. The van der Waals surface area contributed by atoms with Crippen LogP contribution in [0.25, 0.3) is 0 Å². The van der Waals surface area contributed by atoms with Gasteiger partial charge in [0, 0.05) is 13.1 Å². The molecule has 0 aliphatic rings. The number of anilines is 1. The largest absolute Gasteiger partial charge is 0.375 e. The Labute approximate surface area is 132 Å². The van der Waals surface area contributed by atoms with Gasteiger partial charge in [0.15, 0.2) is 9.34 Å². The third kappa shape index (κ3) is 5.23. The van der Waals surface area contributed by atoms with Crippen LogP contribution in [0.5, 0.6) is 0 Å². The molecule has 0 saturated carbocycles. The molecular weight excluding hydrogens is 306 g/mol. The Bertz CT molecular complexity index is 539. The maximum atomic E-state index is 12.8. The summed E-state index contributed by atoms with van der Waals surface area (Å²) >= 11 is 1.06. The number of rotatable bonds is 8. The molecule has 1 heterocycles. The molecule has 0 spiro atoms. The van der Waals surface area contributed by atoms with E-state index in [1.54, 1.807) is 11.2 Å². The highest BCUT2D eigenvalue weighted by Gasteiger charge is 2.28. The van der Waals surface area contributed by atoms with Gasteiger partial charge >= 0.3 is 0 Å². The lowest BCUT2D eigenvalue weighted by atomic mass is 10.1. The third-order valence-electron chi connectivity index (χ3n) is 3.26. The van der Waals surface area contributed by atoms with Crippen molar-refractivity contribution in [3.63, 3.8) is 0 Å². The Balaban J connectivity index is 3.01. The fourth-order valence-corrected chi connectivity index (χ4v) is 4.82. The van der Waals surface area contributed by atoms with Crippen molar-refractivity contribution in [2.24, 2.45) is 11.8 Å². The first kappa shape index (κ1) is 18.4. The number of aryl methyl sites for hydroxylation is 1. The van der Waals surface area contributed by atoms with Gasteiger partial charge in [-0.25, -0.2) is 13.4 Å². The second-order valence-corrected chi connectivity index (χ2v) is 9.36. The van der Waals surface area contributed by atoms with E-state index in [0.717, 1.165) is 24.2 Å². The summed E-state index contributed by atoms with van der Waals surface area (Å²) < 4.78 is 27.5. The summed E-state index contributed by atoms with van der Waals surface area (Å²) in [5, 5.41) is 0.304. The van der Waals surface area contributed by atoms with Gasteiger partial charge in [-0.3, -0.25) is 0 Å². The summed E-state index contributed by atoms with van der Waals surface area (Å²) in [5.41, 5.74) is 6.14. The van der Waals surface area contributed by atoms with Crippen molar-refractivity contribution in [1.29, 1.82) is 0 Å². The minimum atomic E-state index is -3.49. The number of aromatic nitrogens is 1. The SMILES string of the molecule is Cc1nc(N)sc1S(=O)(=O)N(CCC(C)C)CCC(C)C. The molecule has 0 aliphatic heterocycles. The second kappa shape index (κ2) is 7.56. The zero-order valence-corrected chi connectivity index (χ0v) is 15.2. The minimum Gasteiger partial charge on any atom is -0.375 e. The molecule has 0 radical (unpaired) electrons. The highest BCUT2D eigenvalue weighted by molar-refractivity contribution is 7.91. The van der Waals surface area contributed by atoms with Gasteiger partial charge in [-0.05, 0) is 31.6 Å². The van der Waals surface area contributed by atoms with Crippen LogP contribution in [0.2, 0.25) is 0 Å². The summed E-state index contributed by atoms with van der Waals surface area (Å²) in [7, 11) is -3.49. The molecule has 1 rings (SSSR count). The monoisotopic (exact) mass is 333 g/mol. The van der Waals surface area contributed by atoms with Crippen LogP contribution in [0, 0.1) is 18.8 Å². The fourth-order valence-electron chi connectivity index (χ4n) is 1.92. The molecule has 0 aliphatic carbocycles. The molecule has 0 bridgehead atoms. The van der Waals surface area contributed by atoms with Crippen LogP contribution in [0.4, 0.5) is 5.13 Å². The average molecular weight is 334 g/mol. The van der Waals surface area contributed by atoms with E-state index in [4.69, 9.17) is 5.73 Å². The molecule has 0 unspecified atom stereocenters. The summed E-state index contributed by atoms with van der Waals surface area (Å²) in [6, 6.07) is 0. The number of nitrogen functional groups attached to an aromatic ring is 1. The van der Waals surface area contributed by atoms with Crippen molar-refractivity contribution in [2.75, 3.05) is 18.8 Å². The van der Waals surface area contributed by atoms with Gasteiger partial charge in [0.05, 0.1) is 5.69 Å². The molecule has 0 aromatic carbocycles. The highest BCUT2D eigenvalue weighted by atomic mass is 32.2. The van der Waals surface area contributed by atoms with Crippen LogP contribution < -0.4 is 5.73 Å². The first-order valence-electron chi connectivity index (χ1n) is 7.37. The van der Waals surface area contributed by atoms with E-state index in [-0.39, 0.29) is 4.21 Å². The van der Waals surface area contributed by atoms with E-state index in [9.17, 15) is 8.42 Å². The van der Waals surface area contributed by atoms with E-state index < -0.39 is 10.0 Å². The highest BCUT2D eigenvalue weighted by Crippen LogP contribution is 2.28. The number of nitrogens with zero attached hydrogens (tertiary/aromatic N) is 2. The average Bonchev–Trinajstić information content (AvgIpc) is 2.68. The Hall–Kier alpha value is -0.660. The predicted octanol–water partition coefficient (Wildman–Crippen LogP) is 3.12. The lowest BCUT2D eigenvalue weighted by molar-refractivity contribution is 0.357. The van der Waals surface area contributed by atoms with Crippen molar-refractivity contribution in [3.8, 4) is 0 Å². The van der Waals surface area contributed by atoms with Gasteiger partial charge in [0.1, 0.15) is 0 Å². The van der Waals surface area contributed by atoms with Crippen LogP contribution in [-0.2, 0) is 10.0 Å². The van der Waals surface area contributed by atoms with Crippen molar-refractivity contribution < 1.29 is 8.42 Å². The summed E-state index contributed by atoms with van der Waals surface area (Å²) in [6.45, 7) is 11.2. The molecule has 0 amide bonds. The number of hydrogen-bond acceptors (Lipinski definition) is 5. The molecule has 21 heavy (non-hydrogen) atoms. The van der Waals surface area contributed by atoms with E-state index in [1.807, 2.05) is 0 Å².